The van der Waals surface area contributed by atoms with E-state index >= 15 is 0 Å². The summed E-state index contributed by atoms with van der Waals surface area (Å²) < 4.78 is 8.89. The van der Waals surface area contributed by atoms with E-state index in [1.807, 2.05) is 18.2 Å². The largest absolute Gasteiger partial charge is 0.460 e. The van der Waals surface area contributed by atoms with Crippen molar-refractivity contribution in [3.8, 4) is 0 Å². The molecule has 84 valence electrons. The highest BCUT2D eigenvalue weighted by Gasteiger charge is 2.19. The molecule has 0 aliphatic carbocycles. The van der Waals surface area contributed by atoms with Crippen molar-refractivity contribution < 1.29 is 9.53 Å². The molecule has 0 amide bonds. The number of fused-ring (bicyclic) bond motifs is 1. The van der Waals surface area contributed by atoms with Gasteiger partial charge in [0.2, 0.25) is 5.84 Å². The molecule has 1 aromatic rings. The number of esters is 1. The summed E-state index contributed by atoms with van der Waals surface area (Å²) in [6.45, 7) is 2.12. The molecule has 16 heavy (non-hydrogen) atoms. The molecule has 0 spiro atoms. The predicted molar refractivity (Wildman–Crippen MR) is 71.9 cm³/mol. The molecule has 0 saturated carbocycles. The zero-order valence-corrected chi connectivity index (χ0v) is 11.5. The van der Waals surface area contributed by atoms with E-state index in [1.165, 1.54) is 11.9 Å². The van der Waals surface area contributed by atoms with Crippen LogP contribution in [0.25, 0.3) is 0 Å². The Morgan fingerprint density at radius 2 is 2.44 bits per heavy atom. The normalized spacial score (nSPS) is 13.5. The summed E-state index contributed by atoms with van der Waals surface area (Å²) in [4.78, 5) is 16.7. The molecular weight excluding hydrogens is 339 g/mol. The minimum atomic E-state index is -0.417. The Hall–Kier alpha value is -0.760. The number of rotatable bonds is 2. The Kier molecular flexibility index (Phi) is 3.70. The summed E-state index contributed by atoms with van der Waals surface area (Å²) in [5.74, 6) is -0.167. The highest BCUT2D eigenvalue weighted by molar-refractivity contribution is 14.1. The van der Waals surface area contributed by atoms with Crippen molar-refractivity contribution in [3.63, 3.8) is 0 Å². The van der Waals surface area contributed by atoms with Gasteiger partial charge >= 0.3 is 5.97 Å². The van der Waals surface area contributed by atoms with Crippen molar-refractivity contribution in [1.82, 2.24) is 4.72 Å². The quantitative estimate of drug-likeness (QED) is 0.507. The smallest absolute Gasteiger partial charge is 0.374 e. The Bertz CT molecular complexity index is 462. The molecule has 0 atom stereocenters. The third-order valence-corrected chi connectivity index (χ3v) is 3.39. The number of aliphatic imine (C=N–C) groups is 1. The fourth-order valence-corrected chi connectivity index (χ4v) is 2.64. The van der Waals surface area contributed by atoms with Crippen LogP contribution < -0.4 is 4.72 Å². The van der Waals surface area contributed by atoms with Crippen molar-refractivity contribution in [2.45, 2.75) is 11.8 Å². The van der Waals surface area contributed by atoms with Crippen molar-refractivity contribution in [1.29, 1.82) is 0 Å². The van der Waals surface area contributed by atoms with Gasteiger partial charge in [0.05, 0.1) is 17.2 Å². The van der Waals surface area contributed by atoms with E-state index < -0.39 is 5.97 Å². The number of halogens is 1. The summed E-state index contributed by atoms with van der Waals surface area (Å²) in [6, 6.07) is 5.86. The number of hydrogen-bond donors (Lipinski definition) is 1. The fourth-order valence-electron chi connectivity index (χ4n) is 1.20. The van der Waals surface area contributed by atoms with Gasteiger partial charge in [0.15, 0.2) is 0 Å². The van der Waals surface area contributed by atoms with Gasteiger partial charge in [-0.25, -0.2) is 9.79 Å². The second-order valence-corrected chi connectivity index (χ2v) is 5.09. The molecule has 1 heterocycles. The molecule has 4 nitrogen and oxygen atoms in total. The molecule has 0 radical (unpaired) electrons. The number of hydrogen-bond acceptors (Lipinski definition) is 5. The summed E-state index contributed by atoms with van der Waals surface area (Å²) >= 11 is 3.62. The fraction of sp³-hybridized carbons (Fsp3) is 0.200. The van der Waals surface area contributed by atoms with Gasteiger partial charge < -0.3 is 9.46 Å². The maximum Gasteiger partial charge on any atom is 0.374 e. The molecule has 6 heteroatoms. The molecule has 1 N–H and O–H groups in total. The van der Waals surface area contributed by atoms with Crippen molar-refractivity contribution in [2.75, 3.05) is 6.61 Å². The standard InChI is InChI=1S/C10H9IN2O2S/c1-2-15-10(14)9-12-7-4-3-6(11)5-8(7)16-13-9/h3-5H,2H2,1H3,(H,12,13). The van der Waals surface area contributed by atoms with Crippen LogP contribution in [0.2, 0.25) is 0 Å². The van der Waals surface area contributed by atoms with Crippen LogP contribution in [0.15, 0.2) is 28.1 Å². The van der Waals surface area contributed by atoms with E-state index in [0.717, 1.165) is 14.2 Å². The van der Waals surface area contributed by atoms with Gasteiger partial charge in [0.1, 0.15) is 0 Å². The van der Waals surface area contributed by atoms with Gasteiger partial charge in [-0.1, -0.05) is 0 Å². The lowest BCUT2D eigenvalue weighted by Gasteiger charge is -2.15. The van der Waals surface area contributed by atoms with Gasteiger partial charge in [0.25, 0.3) is 0 Å². The molecule has 1 aliphatic rings. The van der Waals surface area contributed by atoms with Gasteiger partial charge in [-0.05, 0) is 59.7 Å². The lowest BCUT2D eigenvalue weighted by atomic mass is 10.3. The minimum Gasteiger partial charge on any atom is -0.460 e. The maximum absolute atomic E-state index is 11.4. The number of carbonyl (C=O) groups is 1. The van der Waals surface area contributed by atoms with E-state index in [9.17, 15) is 4.79 Å². The first-order valence-electron chi connectivity index (χ1n) is 4.69. The lowest BCUT2D eigenvalue weighted by Crippen LogP contribution is -2.29. The molecule has 0 saturated heterocycles. The van der Waals surface area contributed by atoms with Crippen LogP contribution >= 0.6 is 34.5 Å². The summed E-state index contributed by atoms with van der Waals surface area (Å²) in [5.41, 5.74) is 0.798. The highest BCUT2D eigenvalue weighted by atomic mass is 127. The molecule has 0 unspecified atom stereocenters. The number of amidine groups is 1. The van der Waals surface area contributed by atoms with E-state index in [0.29, 0.717) is 6.61 Å². The Balaban J connectivity index is 2.28. The predicted octanol–water partition coefficient (Wildman–Crippen LogP) is 2.49. The van der Waals surface area contributed by atoms with Crippen LogP contribution in [0, 0.1) is 3.57 Å². The number of nitrogens with one attached hydrogen (secondary N) is 1. The lowest BCUT2D eigenvalue weighted by molar-refractivity contribution is -0.135. The summed E-state index contributed by atoms with van der Waals surface area (Å²) in [5, 5.41) is 0. The zero-order chi connectivity index (χ0) is 11.5. The average molecular weight is 348 g/mol. The van der Waals surface area contributed by atoms with E-state index in [1.54, 1.807) is 6.92 Å². The van der Waals surface area contributed by atoms with E-state index in [-0.39, 0.29) is 5.84 Å². The summed E-state index contributed by atoms with van der Waals surface area (Å²) in [7, 11) is 0. The first kappa shape index (κ1) is 11.7. The van der Waals surface area contributed by atoms with Crippen LogP contribution in [0.5, 0.6) is 0 Å². The molecule has 0 bridgehead atoms. The van der Waals surface area contributed by atoms with Crippen LogP contribution in [0.3, 0.4) is 0 Å². The SMILES string of the molecule is CCOC(=O)C1=Nc2ccc(I)cc2SN1. The molecule has 2 rings (SSSR count). The van der Waals surface area contributed by atoms with Crippen LogP contribution in [0.4, 0.5) is 5.69 Å². The van der Waals surface area contributed by atoms with Gasteiger partial charge in [0, 0.05) is 3.57 Å². The van der Waals surface area contributed by atoms with E-state index in [2.05, 4.69) is 32.3 Å². The monoisotopic (exact) mass is 348 g/mol. The molecule has 0 aromatic heterocycles. The zero-order valence-electron chi connectivity index (χ0n) is 8.49. The first-order valence-corrected chi connectivity index (χ1v) is 6.58. The van der Waals surface area contributed by atoms with Crippen LogP contribution in [-0.2, 0) is 9.53 Å². The molecule has 0 fully saturated rings. The van der Waals surface area contributed by atoms with Gasteiger partial charge in [-0.3, -0.25) is 0 Å². The third kappa shape index (κ3) is 2.49. The number of nitrogens with zero attached hydrogens (tertiary/aromatic N) is 1. The topological polar surface area (TPSA) is 50.7 Å². The number of ether oxygens (including phenoxy) is 1. The Morgan fingerprint density at radius 3 is 3.19 bits per heavy atom. The van der Waals surface area contributed by atoms with E-state index in [4.69, 9.17) is 4.74 Å². The number of benzene rings is 1. The van der Waals surface area contributed by atoms with Crippen molar-refractivity contribution in [3.05, 3.63) is 21.8 Å². The highest BCUT2D eigenvalue weighted by Crippen LogP contribution is 2.32. The number of carbonyl (C=O) groups excluding carboxylic acids is 1. The molecular formula is C10H9IN2O2S. The Labute approximate surface area is 111 Å². The second-order valence-electron chi connectivity index (χ2n) is 3.00. The Morgan fingerprint density at radius 1 is 1.62 bits per heavy atom. The van der Waals surface area contributed by atoms with Crippen LogP contribution in [0.1, 0.15) is 6.92 Å². The molecule has 1 aromatic carbocycles. The van der Waals surface area contributed by atoms with Crippen LogP contribution in [-0.4, -0.2) is 18.4 Å². The third-order valence-electron chi connectivity index (χ3n) is 1.88. The van der Waals surface area contributed by atoms with Crippen molar-refractivity contribution in [2.24, 2.45) is 4.99 Å². The minimum absolute atomic E-state index is 0.251. The average Bonchev–Trinajstić information content (AvgIpc) is 2.28. The van der Waals surface area contributed by atoms with Gasteiger partial charge in [-0.2, -0.15) is 0 Å². The van der Waals surface area contributed by atoms with Gasteiger partial charge in [-0.15, -0.1) is 0 Å². The second kappa shape index (κ2) is 5.05. The van der Waals surface area contributed by atoms with Crippen molar-refractivity contribution >= 4 is 52.0 Å². The summed E-state index contributed by atoms with van der Waals surface area (Å²) in [6.07, 6.45) is 0. The first-order chi connectivity index (χ1) is 7.70. The molecule has 1 aliphatic heterocycles. The maximum atomic E-state index is 11.4.